The van der Waals surface area contributed by atoms with Crippen LogP contribution >= 0.6 is 0 Å². The van der Waals surface area contributed by atoms with E-state index in [-0.39, 0.29) is 18.1 Å². The predicted molar refractivity (Wildman–Crippen MR) is 72.0 cm³/mol. The van der Waals surface area contributed by atoms with Crippen molar-refractivity contribution >= 4 is 22.1 Å². The monoisotopic (exact) mass is 313 g/mol. The molecule has 8 heteroatoms. The number of esters is 1. The van der Waals surface area contributed by atoms with Crippen molar-refractivity contribution in [3.63, 3.8) is 0 Å². The van der Waals surface area contributed by atoms with Gasteiger partial charge in [-0.3, -0.25) is 0 Å². The highest BCUT2D eigenvalue weighted by atomic mass is 32.2. The zero-order valence-electron chi connectivity index (χ0n) is 11.6. The quantitative estimate of drug-likeness (QED) is 0.772. The van der Waals surface area contributed by atoms with Gasteiger partial charge in [0, 0.05) is 0 Å². The fourth-order valence-corrected chi connectivity index (χ4v) is 3.51. The second kappa shape index (κ2) is 5.72. The van der Waals surface area contributed by atoms with Crippen LogP contribution < -0.4 is 0 Å². The number of ether oxygens (including phenoxy) is 2. The van der Waals surface area contributed by atoms with Crippen molar-refractivity contribution in [1.82, 2.24) is 4.31 Å². The molecule has 21 heavy (non-hydrogen) atoms. The smallest absolute Gasteiger partial charge is 0.424 e. The van der Waals surface area contributed by atoms with Gasteiger partial charge in [-0.2, -0.15) is 4.31 Å². The van der Waals surface area contributed by atoms with Crippen LogP contribution in [0.2, 0.25) is 0 Å². The van der Waals surface area contributed by atoms with E-state index in [1.54, 1.807) is 26.0 Å². The lowest BCUT2D eigenvalue weighted by atomic mass is 10.2. The summed E-state index contributed by atoms with van der Waals surface area (Å²) in [6, 6.07) is 4.77. The molecule has 0 bridgehead atoms. The van der Waals surface area contributed by atoms with Crippen LogP contribution in [0.4, 0.5) is 4.79 Å². The molecule has 1 atom stereocenters. The third kappa shape index (κ3) is 2.85. The Morgan fingerprint density at radius 1 is 1.48 bits per heavy atom. The zero-order chi connectivity index (χ0) is 15.6. The molecule has 1 heterocycles. The third-order valence-electron chi connectivity index (χ3n) is 2.93. The largest absolute Gasteiger partial charge is 0.464 e. The summed E-state index contributed by atoms with van der Waals surface area (Å²) in [6.45, 7) is 3.06. The fourth-order valence-electron chi connectivity index (χ4n) is 1.97. The summed E-state index contributed by atoms with van der Waals surface area (Å²) in [4.78, 5) is 23.4. The Kier molecular flexibility index (Phi) is 4.17. The maximum absolute atomic E-state index is 12.5. The fraction of sp³-hybridized carbons (Fsp3) is 0.385. The molecule has 2 rings (SSSR count). The van der Waals surface area contributed by atoms with Gasteiger partial charge in [0.2, 0.25) is 0 Å². The van der Waals surface area contributed by atoms with Crippen LogP contribution in [0.1, 0.15) is 12.5 Å². The lowest BCUT2D eigenvalue weighted by molar-refractivity contribution is -0.146. The Morgan fingerprint density at radius 3 is 2.81 bits per heavy atom. The molecular weight excluding hydrogens is 298 g/mol. The summed E-state index contributed by atoms with van der Waals surface area (Å²) < 4.78 is 35.0. The molecule has 1 fully saturated rings. The molecule has 7 nitrogen and oxygen atoms in total. The highest BCUT2D eigenvalue weighted by Gasteiger charge is 2.47. The molecule has 0 radical (unpaired) electrons. The first-order valence-corrected chi connectivity index (χ1v) is 7.76. The maximum Gasteiger partial charge on any atom is 0.424 e. The van der Waals surface area contributed by atoms with Crippen molar-refractivity contribution in [2.75, 3.05) is 13.2 Å². The average molecular weight is 313 g/mol. The molecule has 0 aromatic heterocycles. The summed E-state index contributed by atoms with van der Waals surface area (Å²) in [5, 5.41) is 0. The first kappa shape index (κ1) is 15.3. The molecule has 0 saturated carbocycles. The molecule has 0 N–H and O–H groups in total. The Hall–Kier alpha value is -2.09. The summed E-state index contributed by atoms with van der Waals surface area (Å²) in [5.41, 5.74) is 0.719. The number of nitrogens with zero attached hydrogens (tertiary/aromatic N) is 1. The van der Waals surface area contributed by atoms with Crippen molar-refractivity contribution in [3.05, 3.63) is 29.8 Å². The number of hydrogen-bond acceptors (Lipinski definition) is 6. The lowest BCUT2D eigenvalue weighted by Crippen LogP contribution is -2.44. The van der Waals surface area contributed by atoms with Crippen LogP contribution in [0.5, 0.6) is 0 Å². The summed E-state index contributed by atoms with van der Waals surface area (Å²) in [7, 11) is -4.16. The highest BCUT2D eigenvalue weighted by molar-refractivity contribution is 7.89. The van der Waals surface area contributed by atoms with Crippen molar-refractivity contribution in [3.8, 4) is 0 Å². The summed E-state index contributed by atoms with van der Waals surface area (Å²) in [5.74, 6) is -0.806. The maximum atomic E-state index is 12.5. The second-order valence-electron chi connectivity index (χ2n) is 4.46. The summed E-state index contributed by atoms with van der Waals surface area (Å²) in [6.07, 6.45) is -1.07. The minimum atomic E-state index is -4.16. The SMILES string of the molecule is CCOC(=O)[C@@H]1COC(=O)N1S(=O)(=O)c1cccc(C)c1. The van der Waals surface area contributed by atoms with Gasteiger partial charge < -0.3 is 9.47 Å². The van der Waals surface area contributed by atoms with Gasteiger partial charge in [-0.15, -0.1) is 0 Å². The molecule has 0 unspecified atom stereocenters. The third-order valence-corrected chi connectivity index (χ3v) is 4.70. The molecule has 0 aliphatic carbocycles. The van der Waals surface area contributed by atoms with E-state index in [4.69, 9.17) is 9.47 Å². The van der Waals surface area contributed by atoms with Crippen LogP contribution in [0, 0.1) is 6.92 Å². The predicted octanol–water partition coefficient (Wildman–Crippen LogP) is 1.07. The molecule has 1 aromatic rings. The first-order valence-electron chi connectivity index (χ1n) is 6.32. The molecule has 1 amide bonds. The van der Waals surface area contributed by atoms with Gasteiger partial charge in [-0.05, 0) is 31.5 Å². The molecule has 1 aliphatic rings. The normalized spacial score (nSPS) is 18.5. The molecule has 1 aliphatic heterocycles. The lowest BCUT2D eigenvalue weighted by Gasteiger charge is -2.19. The van der Waals surface area contributed by atoms with E-state index >= 15 is 0 Å². The molecule has 1 aromatic carbocycles. The van der Waals surface area contributed by atoms with E-state index in [9.17, 15) is 18.0 Å². The number of cyclic esters (lactones) is 1. The average Bonchev–Trinajstić information content (AvgIpc) is 2.81. The molecule has 1 saturated heterocycles. The first-order chi connectivity index (χ1) is 9.87. The van der Waals surface area contributed by atoms with Gasteiger partial charge in [0.1, 0.15) is 6.61 Å². The van der Waals surface area contributed by atoms with E-state index in [0.29, 0.717) is 4.31 Å². The van der Waals surface area contributed by atoms with Crippen molar-refractivity contribution in [1.29, 1.82) is 0 Å². The van der Waals surface area contributed by atoms with E-state index < -0.39 is 28.1 Å². The second-order valence-corrected chi connectivity index (χ2v) is 6.28. The number of hydrogen-bond donors (Lipinski definition) is 0. The Morgan fingerprint density at radius 2 is 2.19 bits per heavy atom. The topological polar surface area (TPSA) is 90.0 Å². The van der Waals surface area contributed by atoms with Crippen LogP contribution in [0.25, 0.3) is 0 Å². The van der Waals surface area contributed by atoms with Crippen LogP contribution in [-0.4, -0.2) is 44.0 Å². The molecule has 0 spiro atoms. The Bertz CT molecular complexity index is 669. The molecular formula is C13H15NO6S. The Labute approximate surface area is 122 Å². The standard InChI is InChI=1S/C13H15NO6S/c1-3-19-12(15)11-8-20-13(16)14(11)21(17,18)10-6-4-5-9(2)7-10/h4-7,11H,3,8H2,1-2H3/t11-/m0/s1. The van der Waals surface area contributed by atoms with Gasteiger partial charge >= 0.3 is 12.1 Å². The van der Waals surface area contributed by atoms with E-state index in [1.807, 2.05) is 0 Å². The number of rotatable bonds is 4. The number of carbonyl (C=O) groups is 2. The van der Waals surface area contributed by atoms with Gasteiger partial charge in [-0.1, -0.05) is 12.1 Å². The minimum Gasteiger partial charge on any atom is -0.464 e. The number of carbonyl (C=O) groups excluding carboxylic acids is 2. The molecule has 114 valence electrons. The van der Waals surface area contributed by atoms with E-state index in [0.717, 1.165) is 5.56 Å². The number of benzene rings is 1. The van der Waals surface area contributed by atoms with Gasteiger partial charge in [0.25, 0.3) is 10.0 Å². The van der Waals surface area contributed by atoms with E-state index in [1.165, 1.54) is 12.1 Å². The van der Waals surface area contributed by atoms with Crippen molar-refractivity contribution < 1.29 is 27.5 Å². The van der Waals surface area contributed by atoms with Gasteiger partial charge in [0.05, 0.1) is 11.5 Å². The zero-order valence-corrected chi connectivity index (χ0v) is 12.4. The Balaban J connectivity index is 2.41. The summed E-state index contributed by atoms with van der Waals surface area (Å²) >= 11 is 0. The van der Waals surface area contributed by atoms with E-state index in [2.05, 4.69) is 0 Å². The number of amides is 1. The van der Waals surface area contributed by atoms with Crippen molar-refractivity contribution in [2.24, 2.45) is 0 Å². The number of aryl methyl sites for hydroxylation is 1. The highest BCUT2D eigenvalue weighted by Crippen LogP contribution is 2.25. The van der Waals surface area contributed by atoms with Gasteiger partial charge in [0.15, 0.2) is 6.04 Å². The number of sulfonamides is 1. The van der Waals surface area contributed by atoms with Crippen molar-refractivity contribution in [2.45, 2.75) is 24.8 Å². The van der Waals surface area contributed by atoms with Crippen LogP contribution in [0.3, 0.4) is 0 Å². The van der Waals surface area contributed by atoms with Gasteiger partial charge in [-0.25, -0.2) is 18.0 Å². The minimum absolute atomic E-state index is 0.0735. The van der Waals surface area contributed by atoms with Crippen LogP contribution in [0.15, 0.2) is 29.2 Å². The van der Waals surface area contributed by atoms with Crippen LogP contribution in [-0.2, 0) is 24.3 Å².